The van der Waals surface area contributed by atoms with E-state index in [2.05, 4.69) is 10.2 Å². The number of benzene rings is 2. The number of nitrogens with one attached hydrogen (secondary N) is 1. The predicted octanol–water partition coefficient (Wildman–Crippen LogP) is 4.00. The highest BCUT2D eigenvalue weighted by molar-refractivity contribution is 5.94. The SMILES string of the molecule is COc1ccc(OC)c([C@H]2CCCN2CC(=O)Nc2cc(C)c(C)cc2[N+](=O)[O-])c1. The van der Waals surface area contributed by atoms with Gasteiger partial charge in [0.1, 0.15) is 17.2 Å². The molecule has 0 unspecified atom stereocenters. The Hall–Kier alpha value is -3.13. The average molecular weight is 413 g/mol. The van der Waals surface area contributed by atoms with Crippen molar-refractivity contribution >= 4 is 17.3 Å². The Balaban J connectivity index is 1.79. The van der Waals surface area contributed by atoms with E-state index in [1.165, 1.54) is 6.07 Å². The number of rotatable bonds is 7. The summed E-state index contributed by atoms with van der Waals surface area (Å²) in [6.45, 7) is 4.56. The van der Waals surface area contributed by atoms with Gasteiger partial charge in [0, 0.05) is 17.7 Å². The van der Waals surface area contributed by atoms with Crippen LogP contribution in [0.25, 0.3) is 0 Å². The molecular weight excluding hydrogens is 386 g/mol. The van der Waals surface area contributed by atoms with Crippen LogP contribution in [0, 0.1) is 24.0 Å². The van der Waals surface area contributed by atoms with Gasteiger partial charge in [-0.15, -0.1) is 0 Å². The van der Waals surface area contributed by atoms with E-state index in [1.54, 1.807) is 20.3 Å². The second kappa shape index (κ2) is 9.13. The van der Waals surface area contributed by atoms with Gasteiger partial charge < -0.3 is 14.8 Å². The Bertz CT molecular complexity index is 960. The van der Waals surface area contributed by atoms with E-state index in [1.807, 2.05) is 32.0 Å². The molecule has 0 aromatic heterocycles. The molecule has 1 heterocycles. The monoisotopic (exact) mass is 413 g/mol. The number of hydrogen-bond acceptors (Lipinski definition) is 6. The van der Waals surface area contributed by atoms with Crippen LogP contribution in [-0.4, -0.2) is 43.0 Å². The number of hydrogen-bond donors (Lipinski definition) is 1. The zero-order valence-corrected chi connectivity index (χ0v) is 17.7. The van der Waals surface area contributed by atoms with Crippen LogP contribution in [0.3, 0.4) is 0 Å². The van der Waals surface area contributed by atoms with E-state index in [0.29, 0.717) is 0 Å². The van der Waals surface area contributed by atoms with E-state index in [9.17, 15) is 14.9 Å². The molecule has 1 amide bonds. The van der Waals surface area contributed by atoms with Gasteiger partial charge in [-0.25, -0.2) is 0 Å². The third-order valence-electron chi connectivity index (χ3n) is 5.59. The number of carbonyl (C=O) groups is 1. The van der Waals surface area contributed by atoms with Crippen molar-refractivity contribution in [1.29, 1.82) is 0 Å². The van der Waals surface area contributed by atoms with Crippen LogP contribution in [0.4, 0.5) is 11.4 Å². The van der Waals surface area contributed by atoms with E-state index < -0.39 is 4.92 Å². The minimum atomic E-state index is -0.470. The van der Waals surface area contributed by atoms with Gasteiger partial charge in [-0.2, -0.15) is 0 Å². The maximum Gasteiger partial charge on any atom is 0.293 e. The van der Waals surface area contributed by atoms with Crippen LogP contribution in [0.5, 0.6) is 11.5 Å². The fraction of sp³-hybridized carbons (Fsp3) is 0.409. The number of nitro groups is 1. The van der Waals surface area contributed by atoms with E-state index in [4.69, 9.17) is 9.47 Å². The van der Waals surface area contributed by atoms with Gasteiger partial charge >= 0.3 is 0 Å². The minimum absolute atomic E-state index is 0.00976. The Morgan fingerprint density at radius 3 is 2.60 bits per heavy atom. The predicted molar refractivity (Wildman–Crippen MR) is 114 cm³/mol. The van der Waals surface area contributed by atoms with Crippen molar-refractivity contribution in [1.82, 2.24) is 4.90 Å². The Kier molecular flexibility index (Phi) is 6.56. The van der Waals surface area contributed by atoms with Crippen molar-refractivity contribution in [2.75, 3.05) is 32.6 Å². The van der Waals surface area contributed by atoms with Crippen molar-refractivity contribution in [3.05, 3.63) is 57.1 Å². The van der Waals surface area contributed by atoms with Crippen LogP contribution >= 0.6 is 0 Å². The first-order valence-corrected chi connectivity index (χ1v) is 9.85. The number of amides is 1. The van der Waals surface area contributed by atoms with Crippen molar-refractivity contribution < 1.29 is 19.2 Å². The fourth-order valence-electron chi connectivity index (χ4n) is 3.89. The molecule has 0 aliphatic carbocycles. The van der Waals surface area contributed by atoms with Gasteiger partial charge in [-0.1, -0.05) is 0 Å². The lowest BCUT2D eigenvalue weighted by molar-refractivity contribution is -0.384. The molecule has 1 aliphatic heterocycles. The van der Waals surface area contributed by atoms with Gasteiger partial charge in [0.15, 0.2) is 0 Å². The molecule has 2 aromatic carbocycles. The maximum atomic E-state index is 12.8. The highest BCUT2D eigenvalue weighted by Gasteiger charge is 2.30. The first kappa shape index (κ1) is 21.6. The van der Waals surface area contributed by atoms with Crippen molar-refractivity contribution in [3.8, 4) is 11.5 Å². The molecule has 30 heavy (non-hydrogen) atoms. The number of ether oxygens (including phenoxy) is 2. The number of nitro benzene ring substituents is 1. The quantitative estimate of drug-likeness (QED) is 0.545. The molecule has 0 radical (unpaired) electrons. The van der Waals surface area contributed by atoms with Crippen LogP contribution < -0.4 is 14.8 Å². The molecule has 1 aliphatic rings. The van der Waals surface area contributed by atoms with Gasteiger partial charge in [-0.05, 0) is 68.6 Å². The summed E-state index contributed by atoms with van der Waals surface area (Å²) < 4.78 is 10.9. The normalized spacial score (nSPS) is 16.3. The zero-order chi connectivity index (χ0) is 21.8. The molecule has 3 rings (SSSR count). The third kappa shape index (κ3) is 4.54. The standard InChI is InChI=1S/C22H27N3O5/c1-14-10-18(20(25(27)28)11-15(14)2)23-22(26)13-24-9-5-6-19(24)17-12-16(29-3)7-8-21(17)30-4/h7-8,10-12,19H,5-6,9,13H2,1-4H3,(H,23,26)/t19-/m1/s1. The highest BCUT2D eigenvalue weighted by atomic mass is 16.6. The first-order chi connectivity index (χ1) is 14.3. The molecule has 1 fully saturated rings. The summed E-state index contributed by atoms with van der Waals surface area (Å²) in [4.78, 5) is 25.8. The van der Waals surface area contributed by atoms with E-state index >= 15 is 0 Å². The number of aryl methyl sites for hydroxylation is 2. The van der Waals surface area contributed by atoms with Gasteiger partial charge in [0.05, 0.1) is 25.7 Å². The Morgan fingerprint density at radius 2 is 1.93 bits per heavy atom. The van der Waals surface area contributed by atoms with Gasteiger partial charge in [-0.3, -0.25) is 19.8 Å². The molecule has 8 heteroatoms. The number of nitrogens with zero attached hydrogens (tertiary/aromatic N) is 2. The highest BCUT2D eigenvalue weighted by Crippen LogP contribution is 2.38. The van der Waals surface area contributed by atoms with Crippen LogP contribution in [0.1, 0.15) is 35.6 Å². The summed E-state index contributed by atoms with van der Waals surface area (Å²) in [6, 6.07) is 8.79. The average Bonchev–Trinajstić information content (AvgIpc) is 3.17. The number of methoxy groups -OCH3 is 2. The zero-order valence-electron chi connectivity index (χ0n) is 17.7. The summed E-state index contributed by atoms with van der Waals surface area (Å²) in [5.74, 6) is 1.20. The molecule has 0 spiro atoms. The maximum absolute atomic E-state index is 12.8. The van der Waals surface area contributed by atoms with E-state index in [0.717, 1.165) is 47.6 Å². The summed E-state index contributed by atoms with van der Waals surface area (Å²) in [5.41, 5.74) is 2.79. The van der Waals surface area contributed by atoms with Crippen molar-refractivity contribution in [2.24, 2.45) is 0 Å². The smallest absolute Gasteiger partial charge is 0.293 e. The number of likely N-dealkylation sites (tertiary alicyclic amines) is 1. The van der Waals surface area contributed by atoms with E-state index in [-0.39, 0.29) is 29.9 Å². The fourth-order valence-corrected chi connectivity index (χ4v) is 3.89. The molecule has 1 atom stereocenters. The van der Waals surface area contributed by atoms with Crippen LogP contribution in [-0.2, 0) is 4.79 Å². The molecule has 1 saturated heterocycles. The van der Waals surface area contributed by atoms with Crippen molar-refractivity contribution in [3.63, 3.8) is 0 Å². The van der Waals surface area contributed by atoms with Crippen LogP contribution in [0.15, 0.2) is 30.3 Å². The summed E-state index contributed by atoms with van der Waals surface area (Å²) in [7, 11) is 3.23. The van der Waals surface area contributed by atoms with Crippen molar-refractivity contribution in [2.45, 2.75) is 32.7 Å². The lowest BCUT2D eigenvalue weighted by Gasteiger charge is -2.26. The second-order valence-corrected chi connectivity index (χ2v) is 7.50. The summed E-state index contributed by atoms with van der Waals surface area (Å²) >= 11 is 0. The third-order valence-corrected chi connectivity index (χ3v) is 5.59. The molecule has 1 N–H and O–H groups in total. The lowest BCUT2D eigenvalue weighted by atomic mass is 10.0. The Labute approximate surface area is 175 Å². The number of anilines is 1. The second-order valence-electron chi connectivity index (χ2n) is 7.50. The molecule has 0 bridgehead atoms. The molecule has 160 valence electrons. The molecule has 2 aromatic rings. The van der Waals surface area contributed by atoms with Crippen LogP contribution in [0.2, 0.25) is 0 Å². The van der Waals surface area contributed by atoms with Gasteiger partial charge in [0.25, 0.3) is 5.69 Å². The topological polar surface area (TPSA) is 93.9 Å². The minimum Gasteiger partial charge on any atom is -0.497 e. The molecule has 0 saturated carbocycles. The molecule has 8 nitrogen and oxygen atoms in total. The largest absolute Gasteiger partial charge is 0.497 e. The van der Waals surface area contributed by atoms with Gasteiger partial charge in [0.2, 0.25) is 5.91 Å². The lowest BCUT2D eigenvalue weighted by Crippen LogP contribution is -2.33. The first-order valence-electron chi connectivity index (χ1n) is 9.85. The number of carbonyl (C=O) groups excluding carboxylic acids is 1. The summed E-state index contributed by atoms with van der Waals surface area (Å²) in [5, 5.41) is 14.1. The summed E-state index contributed by atoms with van der Waals surface area (Å²) in [6.07, 6.45) is 1.84. The molecular formula is C22H27N3O5. The Morgan fingerprint density at radius 1 is 1.20 bits per heavy atom.